The maximum absolute atomic E-state index is 12.0. The van der Waals surface area contributed by atoms with Gasteiger partial charge < -0.3 is 10.0 Å². The van der Waals surface area contributed by atoms with Crippen molar-refractivity contribution in [3.8, 4) is 0 Å². The zero-order valence-electron chi connectivity index (χ0n) is 16.6. The lowest BCUT2D eigenvalue weighted by Gasteiger charge is -2.22. The number of sulfone groups is 1. The number of hydrogen-bond donors (Lipinski definition) is 1. The van der Waals surface area contributed by atoms with Crippen molar-refractivity contribution in [3.63, 3.8) is 0 Å². The molecule has 0 saturated heterocycles. The minimum Gasteiger partial charge on any atom is -0.481 e. The molecule has 0 aromatic heterocycles. The highest BCUT2D eigenvalue weighted by molar-refractivity contribution is 7.90. The quantitative estimate of drug-likeness (QED) is 0.337. The summed E-state index contributed by atoms with van der Waals surface area (Å²) in [4.78, 5) is 22.7. The average Bonchev–Trinajstić information content (AvgIpc) is 2.69. The van der Waals surface area contributed by atoms with E-state index in [1.807, 2.05) is 24.0 Å². The van der Waals surface area contributed by atoms with Gasteiger partial charge in [-0.1, -0.05) is 0 Å². The third kappa shape index (κ3) is 6.34. The highest BCUT2D eigenvalue weighted by atomic mass is 32.2. The Morgan fingerprint density at radius 1 is 1.17 bits per heavy atom. The molecule has 2 aromatic carbocycles. The van der Waals surface area contributed by atoms with Gasteiger partial charge in [-0.05, 0) is 43.7 Å². The van der Waals surface area contributed by atoms with Crippen LogP contribution < -0.4 is 4.90 Å². The number of non-ortho nitro benzene ring substituents is 1. The van der Waals surface area contributed by atoms with Crippen LogP contribution in [0.4, 0.5) is 22.7 Å². The van der Waals surface area contributed by atoms with E-state index in [2.05, 4.69) is 10.2 Å². The lowest BCUT2D eigenvalue weighted by atomic mass is 10.2. The summed E-state index contributed by atoms with van der Waals surface area (Å²) >= 11 is 0. The molecule has 0 fully saturated rings. The molecule has 0 amide bonds. The molecule has 2 rings (SSSR count). The van der Waals surface area contributed by atoms with Crippen molar-refractivity contribution in [3.05, 3.63) is 52.6 Å². The normalized spacial score (nSPS) is 11.5. The van der Waals surface area contributed by atoms with Gasteiger partial charge in [-0.3, -0.25) is 14.9 Å². The molecule has 1 N–H and O–H groups in total. The van der Waals surface area contributed by atoms with Crippen molar-refractivity contribution in [2.45, 2.75) is 24.7 Å². The van der Waals surface area contributed by atoms with Crippen LogP contribution in [0.25, 0.3) is 0 Å². The van der Waals surface area contributed by atoms with E-state index in [1.165, 1.54) is 12.1 Å². The molecule has 0 aliphatic carbocycles. The molecule has 0 saturated carbocycles. The molecule has 30 heavy (non-hydrogen) atoms. The van der Waals surface area contributed by atoms with Crippen molar-refractivity contribution < 1.29 is 23.2 Å². The van der Waals surface area contributed by atoms with Crippen LogP contribution >= 0.6 is 0 Å². The molecule has 11 heteroatoms. The number of nitro groups is 1. The highest BCUT2D eigenvalue weighted by Crippen LogP contribution is 2.30. The van der Waals surface area contributed by atoms with Gasteiger partial charge in [0.05, 0.1) is 10.6 Å². The number of rotatable bonds is 10. The van der Waals surface area contributed by atoms with Crippen LogP contribution in [0.15, 0.2) is 57.6 Å². The number of anilines is 1. The second-order valence-corrected chi connectivity index (χ2v) is 8.46. The van der Waals surface area contributed by atoms with Crippen LogP contribution in [0.1, 0.15) is 19.8 Å². The first-order valence-corrected chi connectivity index (χ1v) is 11.0. The molecule has 0 radical (unpaired) electrons. The van der Waals surface area contributed by atoms with Crippen LogP contribution in [0.5, 0.6) is 0 Å². The van der Waals surface area contributed by atoms with Crippen LogP contribution in [-0.4, -0.2) is 43.8 Å². The lowest BCUT2D eigenvalue weighted by molar-refractivity contribution is -0.385. The fraction of sp³-hybridized carbons (Fsp3) is 0.316. The van der Waals surface area contributed by atoms with Crippen molar-refractivity contribution in [1.29, 1.82) is 0 Å². The Balaban J connectivity index is 2.21. The monoisotopic (exact) mass is 434 g/mol. The van der Waals surface area contributed by atoms with Gasteiger partial charge in [-0.2, -0.15) is 5.11 Å². The molecule has 2 aromatic rings. The number of carboxylic acids is 1. The van der Waals surface area contributed by atoms with Gasteiger partial charge in [0.25, 0.3) is 5.69 Å². The minimum absolute atomic E-state index is 0.0102. The van der Waals surface area contributed by atoms with E-state index in [9.17, 15) is 23.3 Å². The maximum Gasteiger partial charge on any atom is 0.303 e. The first kappa shape index (κ1) is 22.9. The highest BCUT2D eigenvalue weighted by Gasteiger charge is 2.18. The van der Waals surface area contributed by atoms with Crippen molar-refractivity contribution >= 4 is 38.6 Å². The van der Waals surface area contributed by atoms with Crippen molar-refractivity contribution in [2.24, 2.45) is 10.2 Å². The summed E-state index contributed by atoms with van der Waals surface area (Å²) in [6, 6.07) is 10.4. The second kappa shape index (κ2) is 9.92. The third-order valence-electron chi connectivity index (χ3n) is 4.24. The maximum atomic E-state index is 12.0. The molecule has 0 bridgehead atoms. The fourth-order valence-corrected chi connectivity index (χ4v) is 3.55. The van der Waals surface area contributed by atoms with Gasteiger partial charge >= 0.3 is 5.97 Å². The van der Waals surface area contributed by atoms with Gasteiger partial charge in [0.2, 0.25) is 0 Å². The van der Waals surface area contributed by atoms with Gasteiger partial charge in [0.1, 0.15) is 10.6 Å². The zero-order valence-corrected chi connectivity index (χ0v) is 17.4. The summed E-state index contributed by atoms with van der Waals surface area (Å²) in [7, 11) is -3.74. The summed E-state index contributed by atoms with van der Waals surface area (Å²) in [5.74, 6) is -0.832. The third-order valence-corrected chi connectivity index (χ3v) is 5.37. The van der Waals surface area contributed by atoms with Gasteiger partial charge in [-0.15, -0.1) is 5.11 Å². The van der Waals surface area contributed by atoms with E-state index >= 15 is 0 Å². The number of aliphatic carboxylic acids is 1. The summed E-state index contributed by atoms with van der Waals surface area (Å²) < 4.78 is 23.9. The van der Waals surface area contributed by atoms with E-state index in [1.54, 1.807) is 12.1 Å². The van der Waals surface area contributed by atoms with E-state index in [0.717, 1.165) is 18.0 Å². The molecular formula is C19H22N4O6S. The predicted molar refractivity (Wildman–Crippen MR) is 112 cm³/mol. The van der Waals surface area contributed by atoms with E-state index in [-0.39, 0.29) is 22.7 Å². The SMILES string of the molecule is CCN(CCCC(=O)O)c1ccc(N=Nc2ccc([N+](=O)[O-])cc2S(C)(=O)=O)cc1. The minimum atomic E-state index is -3.74. The Labute approximate surface area is 173 Å². The fourth-order valence-electron chi connectivity index (χ4n) is 2.73. The Hall–Kier alpha value is -3.34. The number of nitrogens with zero attached hydrogens (tertiary/aromatic N) is 4. The van der Waals surface area contributed by atoms with Crippen LogP contribution in [0.3, 0.4) is 0 Å². The molecule has 0 aliphatic rings. The number of benzene rings is 2. The predicted octanol–water partition coefficient (Wildman–Crippen LogP) is 4.10. The summed E-state index contributed by atoms with van der Waals surface area (Å²) in [6.07, 6.45) is 1.57. The van der Waals surface area contributed by atoms with Crippen molar-refractivity contribution in [2.75, 3.05) is 24.2 Å². The molecule has 0 aliphatic heterocycles. The molecule has 0 spiro atoms. The largest absolute Gasteiger partial charge is 0.481 e. The number of azo groups is 1. The molecule has 0 unspecified atom stereocenters. The lowest BCUT2D eigenvalue weighted by Crippen LogP contribution is -2.24. The van der Waals surface area contributed by atoms with Gasteiger partial charge in [0.15, 0.2) is 9.84 Å². The van der Waals surface area contributed by atoms with Crippen molar-refractivity contribution in [1.82, 2.24) is 0 Å². The summed E-state index contributed by atoms with van der Waals surface area (Å²) in [6.45, 7) is 3.28. The average molecular weight is 434 g/mol. The van der Waals surface area contributed by atoms with E-state index in [0.29, 0.717) is 25.2 Å². The first-order chi connectivity index (χ1) is 14.1. The van der Waals surface area contributed by atoms with Gasteiger partial charge in [-0.25, -0.2) is 8.42 Å². The Bertz CT molecular complexity index is 1050. The number of carboxylic acid groups (broad SMARTS) is 1. The number of carbonyl (C=O) groups is 1. The van der Waals surface area contributed by atoms with E-state index < -0.39 is 20.7 Å². The summed E-state index contributed by atoms with van der Waals surface area (Å²) in [5, 5.41) is 27.6. The van der Waals surface area contributed by atoms with E-state index in [4.69, 9.17) is 5.11 Å². The smallest absolute Gasteiger partial charge is 0.303 e. The molecule has 0 heterocycles. The number of nitro benzene ring substituents is 1. The van der Waals surface area contributed by atoms with Crippen LogP contribution in [0, 0.1) is 10.1 Å². The first-order valence-electron chi connectivity index (χ1n) is 9.09. The molecule has 10 nitrogen and oxygen atoms in total. The second-order valence-electron chi connectivity index (χ2n) is 6.47. The topological polar surface area (TPSA) is 143 Å². The Morgan fingerprint density at radius 2 is 1.83 bits per heavy atom. The molecule has 160 valence electrons. The van der Waals surface area contributed by atoms with Gasteiger partial charge in [0, 0.05) is 43.6 Å². The standard InChI is InChI=1S/C19H22N4O6S/c1-3-22(12-4-5-19(24)25)15-8-6-14(7-9-15)20-21-17-11-10-16(23(26)27)13-18(17)30(2,28)29/h6-11,13H,3-5,12H2,1-2H3,(H,24,25). The zero-order chi connectivity index (χ0) is 22.3. The van der Waals surface area contributed by atoms with Crippen LogP contribution in [0.2, 0.25) is 0 Å². The molecule has 0 atom stereocenters. The Kier molecular flexibility index (Phi) is 7.59. The molecular weight excluding hydrogens is 412 g/mol. The summed E-state index contributed by atoms with van der Waals surface area (Å²) in [5.41, 5.74) is 1.03. The Morgan fingerprint density at radius 3 is 2.37 bits per heavy atom. The van der Waals surface area contributed by atoms with Crippen LogP contribution in [-0.2, 0) is 14.6 Å². The number of hydrogen-bond acceptors (Lipinski definition) is 8.